The number of aliphatic hydroxyl groups excluding tert-OH is 1. The lowest BCUT2D eigenvalue weighted by atomic mass is 9.84. The lowest BCUT2D eigenvalue weighted by Crippen LogP contribution is -2.64. The lowest BCUT2D eigenvalue weighted by molar-refractivity contribution is -0.146. The maximum absolute atomic E-state index is 10.9. The molecule has 0 aliphatic carbocycles. The van der Waals surface area contributed by atoms with Crippen LogP contribution in [0.4, 0.5) is 0 Å². The molecule has 13 heavy (non-hydrogen) atoms. The van der Waals surface area contributed by atoms with Crippen molar-refractivity contribution in [2.75, 3.05) is 0 Å². The predicted molar refractivity (Wildman–Crippen MR) is 49.1 cm³/mol. The summed E-state index contributed by atoms with van der Waals surface area (Å²) in [6, 6.07) is -0.752. The number of nitrogens with one attached hydrogen (secondary N) is 1. The van der Waals surface area contributed by atoms with Gasteiger partial charge in [0.25, 0.3) is 0 Å². The molecule has 0 bridgehead atoms. The van der Waals surface area contributed by atoms with Crippen LogP contribution in [-0.4, -0.2) is 28.9 Å². The van der Waals surface area contributed by atoms with Crippen molar-refractivity contribution in [2.45, 2.75) is 39.8 Å². The Balaban J connectivity index is 0.000000791. The van der Waals surface area contributed by atoms with Gasteiger partial charge in [-0.3, -0.25) is 9.59 Å². The zero-order valence-electron chi connectivity index (χ0n) is 9.44. The van der Waals surface area contributed by atoms with Crippen molar-refractivity contribution in [1.29, 1.82) is 0 Å². The predicted octanol–water partition coefficient (Wildman–Crippen LogP) is 0.0970. The van der Waals surface area contributed by atoms with E-state index in [4.69, 9.17) is 6.52 Å². The summed E-state index contributed by atoms with van der Waals surface area (Å²) in [5.74, 6) is -1.44. The molecule has 1 amide bonds. The molecule has 0 radical (unpaired) electrons. The molecule has 0 saturated carbocycles. The van der Waals surface area contributed by atoms with Crippen LogP contribution in [0.1, 0.15) is 27.7 Å². The Morgan fingerprint density at radius 2 is 2.15 bits per heavy atom. The minimum Gasteiger partial charge on any atom is -0.392 e. The Hall–Kier alpha value is -0.900. The fourth-order valence-corrected chi connectivity index (χ4v) is 1.17. The Kier molecular flexibility index (Phi) is 3.89. The third-order valence-electron chi connectivity index (χ3n) is 1.83. The van der Waals surface area contributed by atoms with Crippen LogP contribution in [0.15, 0.2) is 0 Å². The normalized spacial score (nSPS) is 29.5. The topological polar surface area (TPSA) is 66.4 Å². The molecule has 4 nitrogen and oxygen atoms in total. The molecule has 3 atom stereocenters. The number of ketones is 1. The van der Waals surface area contributed by atoms with Crippen molar-refractivity contribution in [3.63, 3.8) is 0 Å². The van der Waals surface area contributed by atoms with E-state index in [2.05, 4.69) is 0 Å². The lowest BCUT2D eigenvalue weighted by Gasteiger charge is -2.36. The van der Waals surface area contributed by atoms with E-state index in [1.165, 1.54) is 13.8 Å². The zero-order valence-corrected chi connectivity index (χ0v) is 8.44. The van der Waals surface area contributed by atoms with E-state index in [0.717, 1.165) is 0 Å². The van der Waals surface area contributed by atoms with Gasteiger partial charge in [0.1, 0.15) is 6.04 Å². The van der Waals surface area contributed by atoms with Gasteiger partial charge in [0, 0.05) is 0 Å². The van der Waals surface area contributed by atoms with Crippen molar-refractivity contribution >= 4 is 11.7 Å². The fourth-order valence-electron chi connectivity index (χ4n) is 1.17. The van der Waals surface area contributed by atoms with E-state index >= 15 is 0 Å². The van der Waals surface area contributed by atoms with Gasteiger partial charge in [-0.05, 0) is 13.8 Å². The minimum atomic E-state index is -0.854. The highest BCUT2D eigenvalue weighted by molar-refractivity contribution is 5.99. The number of hydrogen-bond donors (Lipinski definition) is 2. The smallest absolute Gasteiger partial charge is 0.228 e. The molecule has 1 aliphatic heterocycles. The van der Waals surface area contributed by atoms with Crippen LogP contribution in [0, 0.1) is 5.92 Å². The molecule has 4 heteroatoms. The van der Waals surface area contributed by atoms with Crippen molar-refractivity contribution in [3.05, 3.63) is 0 Å². The largest absolute Gasteiger partial charge is 0.392 e. The van der Waals surface area contributed by atoms with Gasteiger partial charge < -0.3 is 10.4 Å². The van der Waals surface area contributed by atoms with Crippen LogP contribution in [-0.2, 0) is 9.59 Å². The summed E-state index contributed by atoms with van der Waals surface area (Å²) >= 11 is 0. The van der Waals surface area contributed by atoms with Crippen LogP contribution in [0.25, 0.3) is 0 Å². The number of aliphatic hydroxyl groups is 1. The van der Waals surface area contributed by atoms with E-state index in [0.29, 0.717) is 5.31 Å². The third kappa shape index (κ3) is 2.52. The molecule has 0 aromatic rings. The van der Waals surface area contributed by atoms with Crippen molar-refractivity contribution in [1.82, 2.24) is 5.31 Å². The Labute approximate surface area is 79.8 Å². The second-order valence-electron chi connectivity index (χ2n) is 2.79. The van der Waals surface area contributed by atoms with Crippen molar-refractivity contribution < 1.29 is 16.1 Å². The van der Waals surface area contributed by atoms with Gasteiger partial charge in [-0.25, -0.2) is 0 Å². The van der Waals surface area contributed by atoms with Crippen LogP contribution in [0.2, 0.25) is 1.41 Å². The Morgan fingerprint density at radius 3 is 2.38 bits per heavy atom. The first-order valence-electron chi connectivity index (χ1n) is 4.92. The molecule has 1 aliphatic rings. The first kappa shape index (κ1) is 10.2. The molecule has 1 rings (SSSR count). The van der Waals surface area contributed by atoms with Gasteiger partial charge in [-0.15, -0.1) is 0 Å². The number of rotatable bonds is 2. The fraction of sp³-hybridized carbons (Fsp3) is 0.778. The summed E-state index contributed by atoms with van der Waals surface area (Å²) in [7, 11) is 0. The second kappa shape index (κ2) is 4.97. The van der Waals surface area contributed by atoms with Gasteiger partial charge in [-0.1, -0.05) is 13.8 Å². The second-order valence-corrected chi connectivity index (χ2v) is 2.79. The summed E-state index contributed by atoms with van der Waals surface area (Å²) in [5.41, 5.74) is 0. The Bertz CT molecular complexity index is 230. The molecule has 0 aromatic carbocycles. The highest BCUT2D eigenvalue weighted by Crippen LogP contribution is 2.19. The maximum Gasteiger partial charge on any atom is 0.228 e. The Morgan fingerprint density at radius 1 is 1.69 bits per heavy atom. The molecular formula is C9H17NO3. The van der Waals surface area contributed by atoms with Gasteiger partial charge in [0.2, 0.25) is 5.91 Å². The van der Waals surface area contributed by atoms with E-state index in [1.54, 1.807) is 0 Å². The van der Waals surface area contributed by atoms with Gasteiger partial charge >= 0.3 is 0 Å². The van der Waals surface area contributed by atoms with Gasteiger partial charge in [-0.2, -0.15) is 0 Å². The molecule has 1 saturated heterocycles. The van der Waals surface area contributed by atoms with Crippen LogP contribution in [0.5, 0.6) is 0 Å². The van der Waals surface area contributed by atoms with Crippen molar-refractivity contribution in [3.8, 4) is 0 Å². The molecule has 1 heterocycles. The highest BCUT2D eigenvalue weighted by Gasteiger charge is 2.44. The average Bonchev–Trinajstić information content (AvgIpc) is 2.14. The SMILES string of the molecule is CC.[2H]N1C(=O)[C@@H]([C@@H](C)O)[C@@H]1C(C)=O. The van der Waals surface area contributed by atoms with Crippen LogP contribution < -0.4 is 5.31 Å². The quantitative estimate of drug-likeness (QED) is 0.604. The minimum absolute atomic E-state index is 0.254. The first-order chi connectivity index (χ1) is 6.46. The van der Waals surface area contributed by atoms with E-state index in [-0.39, 0.29) is 5.78 Å². The number of hydrogen-bond acceptors (Lipinski definition) is 3. The monoisotopic (exact) mass is 188 g/mol. The molecule has 76 valence electrons. The molecular weight excluding hydrogens is 170 g/mol. The van der Waals surface area contributed by atoms with Gasteiger partial charge in [0.15, 0.2) is 7.20 Å². The third-order valence-corrected chi connectivity index (χ3v) is 1.83. The molecule has 0 aromatic heterocycles. The summed E-state index contributed by atoms with van der Waals surface area (Å²) in [6.07, 6.45) is -0.854. The number of carbonyl (C=O) groups is 2. The van der Waals surface area contributed by atoms with Crippen molar-refractivity contribution in [2.24, 2.45) is 5.92 Å². The van der Waals surface area contributed by atoms with Crippen LogP contribution >= 0.6 is 0 Å². The van der Waals surface area contributed by atoms with E-state index in [1.807, 2.05) is 13.8 Å². The number of amides is 1. The van der Waals surface area contributed by atoms with Gasteiger partial charge in [0.05, 0.1) is 12.0 Å². The summed E-state index contributed by atoms with van der Waals surface area (Å²) in [5, 5.41) is 9.72. The van der Waals surface area contributed by atoms with E-state index in [9.17, 15) is 9.59 Å². The number of carbonyl (C=O) groups excluding carboxylic acids is 2. The summed E-state index contributed by atoms with van der Waals surface area (Å²) < 4.78 is 7.08. The first-order valence-corrected chi connectivity index (χ1v) is 4.47. The molecule has 1 fully saturated rings. The molecule has 0 spiro atoms. The summed E-state index contributed by atoms with van der Waals surface area (Å²) in [4.78, 5) is 21.8. The highest BCUT2D eigenvalue weighted by atomic mass is 16.3. The average molecular weight is 188 g/mol. The zero-order chi connectivity index (χ0) is 11.5. The molecule has 0 unspecified atom stereocenters. The maximum atomic E-state index is 10.9. The molecule has 2 N–H and O–H groups in total. The summed E-state index contributed by atoms with van der Waals surface area (Å²) in [6.45, 7) is 6.76. The van der Waals surface area contributed by atoms with Crippen LogP contribution in [0.3, 0.4) is 0 Å². The number of β-lactam (4-membered cyclic amide) rings is 1. The number of Topliss-reactive ketones (excluding diaryl/α,β-unsaturated/α-hetero) is 1. The standard InChI is InChI=1S/C7H11NO3.C2H6/c1-3(9)5-6(4(2)10)8-7(5)11;1-2/h3,5-6,9H,1-2H3,(H,8,11);1-2H3/t3-,5+,6+;/m1./s1/i/hD. The van der Waals surface area contributed by atoms with E-state index < -0.39 is 24.0 Å².